The Bertz CT molecular complexity index is 1280. The average molecular weight is 426 g/mol. The van der Waals surface area contributed by atoms with Crippen molar-refractivity contribution >= 4 is 38.3 Å². The van der Waals surface area contributed by atoms with Gasteiger partial charge in [0.2, 0.25) is 10.0 Å². The highest BCUT2D eigenvalue weighted by molar-refractivity contribution is 7.92. The summed E-state index contributed by atoms with van der Waals surface area (Å²) in [5, 5.41) is 0.734. The molecule has 0 aliphatic carbocycles. The zero-order chi connectivity index (χ0) is 20.4. The van der Waals surface area contributed by atoms with Crippen LogP contribution in [0.1, 0.15) is 11.4 Å². The van der Waals surface area contributed by atoms with Gasteiger partial charge < -0.3 is 4.98 Å². The van der Waals surface area contributed by atoms with Crippen LogP contribution >= 0.6 is 11.6 Å². The van der Waals surface area contributed by atoms with E-state index >= 15 is 0 Å². The molecule has 0 bridgehead atoms. The Kier molecular flexibility index (Phi) is 5.30. The van der Waals surface area contributed by atoms with Gasteiger partial charge in [0.15, 0.2) is 0 Å². The molecule has 0 spiro atoms. The quantitative estimate of drug-likeness (QED) is 0.454. The third-order valence-electron chi connectivity index (χ3n) is 4.61. The van der Waals surface area contributed by atoms with Crippen molar-refractivity contribution in [3.8, 4) is 11.1 Å². The minimum Gasteiger partial charge on any atom is -0.342 e. The second kappa shape index (κ2) is 7.89. The number of fused-ring (bicyclic) bond motifs is 1. The Morgan fingerprint density at radius 3 is 2.62 bits per heavy atom. The molecule has 1 aromatic heterocycles. The first-order valence-electron chi connectivity index (χ1n) is 9.18. The molecule has 0 saturated heterocycles. The number of halogens is 1. The standard InChI is InChI=1S/C22H20ClN3O2S/c1-29(27,28)26-19-8-3-2-7-18(19)16-10-11-20-21(14-16)25-22(24-20)12-9-15-5-4-6-17(23)13-15/h2-8,10-11,13-14,26H,9,12H2,1H3,(H,24,25). The Hall–Kier alpha value is -2.83. The van der Waals surface area contributed by atoms with Crippen LogP contribution in [0.5, 0.6) is 0 Å². The predicted molar refractivity (Wildman–Crippen MR) is 119 cm³/mol. The summed E-state index contributed by atoms with van der Waals surface area (Å²) in [4.78, 5) is 8.07. The van der Waals surface area contributed by atoms with Gasteiger partial charge >= 0.3 is 0 Å². The molecule has 5 nitrogen and oxygen atoms in total. The number of nitrogens with zero attached hydrogens (tertiary/aromatic N) is 1. The molecule has 4 rings (SSSR count). The average Bonchev–Trinajstić information content (AvgIpc) is 3.08. The van der Waals surface area contributed by atoms with Gasteiger partial charge in [-0.05, 0) is 47.9 Å². The highest BCUT2D eigenvalue weighted by Gasteiger charge is 2.11. The van der Waals surface area contributed by atoms with Crippen LogP contribution in [-0.2, 0) is 22.9 Å². The van der Waals surface area contributed by atoms with Crippen LogP contribution in [0.2, 0.25) is 5.02 Å². The highest BCUT2D eigenvalue weighted by Crippen LogP contribution is 2.30. The molecule has 0 fully saturated rings. The number of imidazole rings is 1. The lowest BCUT2D eigenvalue weighted by molar-refractivity contribution is 0.607. The number of benzene rings is 3. The first kappa shape index (κ1) is 19.5. The fourth-order valence-corrected chi connectivity index (χ4v) is 4.11. The van der Waals surface area contributed by atoms with Crippen molar-refractivity contribution in [2.24, 2.45) is 0 Å². The molecule has 0 unspecified atom stereocenters. The first-order valence-corrected chi connectivity index (χ1v) is 11.4. The summed E-state index contributed by atoms with van der Waals surface area (Å²) in [6, 6.07) is 21.1. The summed E-state index contributed by atoms with van der Waals surface area (Å²) < 4.78 is 25.9. The summed E-state index contributed by atoms with van der Waals surface area (Å²) in [7, 11) is -3.36. The van der Waals surface area contributed by atoms with Crippen molar-refractivity contribution in [3.05, 3.63) is 83.1 Å². The number of rotatable bonds is 6. The molecule has 148 valence electrons. The number of aromatic amines is 1. The van der Waals surface area contributed by atoms with Crippen LogP contribution in [0, 0.1) is 0 Å². The number of H-pyrrole nitrogens is 1. The van der Waals surface area contributed by atoms with E-state index < -0.39 is 10.0 Å². The zero-order valence-electron chi connectivity index (χ0n) is 15.8. The van der Waals surface area contributed by atoms with Gasteiger partial charge in [0.1, 0.15) is 5.82 Å². The minimum absolute atomic E-state index is 0.547. The molecule has 0 atom stereocenters. The molecular formula is C22H20ClN3O2S. The van der Waals surface area contributed by atoms with Gasteiger partial charge in [0.25, 0.3) is 0 Å². The Labute approximate surface area is 174 Å². The first-order chi connectivity index (χ1) is 13.9. The molecule has 0 radical (unpaired) electrons. The molecule has 4 aromatic rings. The van der Waals surface area contributed by atoms with Gasteiger partial charge in [0, 0.05) is 17.0 Å². The number of hydrogen-bond donors (Lipinski definition) is 2. The van der Waals surface area contributed by atoms with Crippen LogP contribution in [-0.4, -0.2) is 24.6 Å². The smallest absolute Gasteiger partial charge is 0.229 e. The lowest BCUT2D eigenvalue weighted by atomic mass is 10.0. The van der Waals surface area contributed by atoms with Crippen LogP contribution in [0.15, 0.2) is 66.7 Å². The fourth-order valence-electron chi connectivity index (χ4n) is 3.32. The second-order valence-corrected chi connectivity index (χ2v) is 9.15. The van der Waals surface area contributed by atoms with Gasteiger partial charge in [-0.15, -0.1) is 0 Å². The van der Waals surface area contributed by atoms with E-state index in [0.29, 0.717) is 5.69 Å². The molecule has 0 aliphatic rings. The summed E-state index contributed by atoms with van der Waals surface area (Å²) in [6.45, 7) is 0. The van der Waals surface area contributed by atoms with E-state index in [1.54, 1.807) is 12.1 Å². The number of sulfonamides is 1. The van der Waals surface area contributed by atoms with Gasteiger partial charge in [0.05, 0.1) is 23.0 Å². The maximum Gasteiger partial charge on any atom is 0.229 e. The van der Waals surface area contributed by atoms with Crippen molar-refractivity contribution in [2.75, 3.05) is 11.0 Å². The largest absolute Gasteiger partial charge is 0.342 e. The van der Waals surface area contributed by atoms with Crippen LogP contribution in [0.3, 0.4) is 0 Å². The Morgan fingerprint density at radius 1 is 1.00 bits per heavy atom. The van der Waals surface area contributed by atoms with E-state index in [4.69, 9.17) is 16.6 Å². The van der Waals surface area contributed by atoms with E-state index in [-0.39, 0.29) is 0 Å². The van der Waals surface area contributed by atoms with E-state index in [1.165, 1.54) is 5.56 Å². The van der Waals surface area contributed by atoms with Crippen molar-refractivity contribution in [2.45, 2.75) is 12.8 Å². The van der Waals surface area contributed by atoms with Crippen molar-refractivity contribution < 1.29 is 8.42 Å². The lowest BCUT2D eigenvalue weighted by Crippen LogP contribution is -2.10. The van der Waals surface area contributed by atoms with Crippen molar-refractivity contribution in [1.29, 1.82) is 0 Å². The Morgan fingerprint density at radius 2 is 1.83 bits per heavy atom. The molecule has 2 N–H and O–H groups in total. The van der Waals surface area contributed by atoms with Crippen molar-refractivity contribution in [1.82, 2.24) is 9.97 Å². The molecule has 7 heteroatoms. The zero-order valence-corrected chi connectivity index (χ0v) is 17.4. The summed E-state index contributed by atoms with van der Waals surface area (Å²) in [6.07, 6.45) is 2.76. The molecule has 0 saturated carbocycles. The molecule has 3 aromatic carbocycles. The number of hydrogen-bond acceptors (Lipinski definition) is 3. The Balaban J connectivity index is 1.61. The number of aromatic nitrogens is 2. The highest BCUT2D eigenvalue weighted by atomic mass is 35.5. The maximum atomic E-state index is 11.7. The summed E-state index contributed by atoms with van der Waals surface area (Å²) in [5.41, 5.74) is 5.21. The van der Waals surface area contributed by atoms with Gasteiger partial charge in [-0.3, -0.25) is 4.72 Å². The van der Waals surface area contributed by atoms with Crippen molar-refractivity contribution in [3.63, 3.8) is 0 Å². The third kappa shape index (κ3) is 4.78. The number of nitrogens with one attached hydrogen (secondary N) is 2. The second-order valence-electron chi connectivity index (χ2n) is 6.97. The van der Waals surface area contributed by atoms with E-state index in [0.717, 1.165) is 52.1 Å². The van der Waals surface area contributed by atoms with E-state index in [9.17, 15) is 8.42 Å². The van der Waals surface area contributed by atoms with Gasteiger partial charge in [-0.2, -0.15) is 0 Å². The fraction of sp³-hybridized carbons (Fsp3) is 0.136. The SMILES string of the molecule is CS(=O)(=O)Nc1ccccc1-c1ccc2[nH]c(CCc3cccc(Cl)c3)nc2c1. The number of anilines is 1. The molecule has 1 heterocycles. The molecular weight excluding hydrogens is 406 g/mol. The maximum absolute atomic E-state index is 11.7. The van der Waals surface area contributed by atoms with Crippen LogP contribution in [0.25, 0.3) is 22.2 Å². The summed E-state index contributed by atoms with van der Waals surface area (Å²) >= 11 is 6.05. The third-order valence-corrected chi connectivity index (χ3v) is 5.43. The number of para-hydroxylation sites is 1. The molecule has 0 aliphatic heterocycles. The number of aryl methyl sites for hydroxylation is 2. The van der Waals surface area contributed by atoms with Crippen LogP contribution in [0.4, 0.5) is 5.69 Å². The normalized spacial score (nSPS) is 11.7. The topological polar surface area (TPSA) is 74.8 Å². The molecule has 0 amide bonds. The van der Waals surface area contributed by atoms with Gasteiger partial charge in [-0.25, -0.2) is 13.4 Å². The summed E-state index contributed by atoms with van der Waals surface area (Å²) in [5.74, 6) is 0.902. The minimum atomic E-state index is -3.36. The lowest BCUT2D eigenvalue weighted by Gasteiger charge is -2.10. The van der Waals surface area contributed by atoms with E-state index in [1.807, 2.05) is 48.5 Å². The van der Waals surface area contributed by atoms with Crippen LogP contribution < -0.4 is 4.72 Å². The van der Waals surface area contributed by atoms with Gasteiger partial charge in [-0.1, -0.05) is 48.0 Å². The van der Waals surface area contributed by atoms with E-state index in [2.05, 4.69) is 15.8 Å². The monoisotopic (exact) mass is 425 g/mol. The molecule has 29 heavy (non-hydrogen) atoms. The predicted octanol–water partition coefficient (Wildman–Crippen LogP) is 5.04.